The molecule has 0 spiro atoms. The Morgan fingerprint density at radius 2 is 1.96 bits per heavy atom. The van der Waals surface area contributed by atoms with Gasteiger partial charge in [0.2, 0.25) is 5.91 Å². The van der Waals surface area contributed by atoms with E-state index in [4.69, 9.17) is 4.52 Å². The van der Waals surface area contributed by atoms with Crippen LogP contribution in [-0.4, -0.2) is 33.6 Å². The molecular weight excluding hydrogens is 314 g/mol. The second kappa shape index (κ2) is 7.59. The highest BCUT2D eigenvalue weighted by Gasteiger charge is 2.21. The van der Waals surface area contributed by atoms with Gasteiger partial charge in [0, 0.05) is 13.1 Å². The summed E-state index contributed by atoms with van der Waals surface area (Å²) in [6.45, 7) is 9.59. The molecule has 0 atom stereocenters. The van der Waals surface area contributed by atoms with Gasteiger partial charge in [-0.3, -0.25) is 9.32 Å². The van der Waals surface area contributed by atoms with Crippen molar-refractivity contribution in [2.75, 3.05) is 13.1 Å². The van der Waals surface area contributed by atoms with Crippen molar-refractivity contribution in [3.63, 3.8) is 0 Å². The molecule has 0 saturated carbocycles. The zero-order chi connectivity index (χ0) is 17.0. The fourth-order valence-electron chi connectivity index (χ4n) is 2.39. The van der Waals surface area contributed by atoms with Gasteiger partial charge in [0.05, 0.1) is 4.88 Å². The van der Waals surface area contributed by atoms with Crippen molar-refractivity contribution in [2.24, 2.45) is 11.8 Å². The number of hydrogen-bond acceptors (Lipinski definition) is 5. The normalized spacial score (nSPS) is 11.4. The summed E-state index contributed by atoms with van der Waals surface area (Å²) >= 11 is 1.45. The van der Waals surface area contributed by atoms with Crippen molar-refractivity contribution in [1.82, 2.24) is 14.6 Å². The molecule has 0 aromatic carbocycles. The first-order valence-electron chi connectivity index (χ1n) is 7.76. The predicted octanol–water partition coefficient (Wildman–Crippen LogP) is 2.71. The largest absolute Gasteiger partial charge is 0.442 e. The summed E-state index contributed by atoms with van der Waals surface area (Å²) in [5.41, 5.74) is 0. The summed E-state index contributed by atoms with van der Waals surface area (Å²) in [4.78, 5) is 27.2. The Balaban J connectivity index is 2.21. The van der Waals surface area contributed by atoms with Gasteiger partial charge in [-0.2, -0.15) is 0 Å². The van der Waals surface area contributed by atoms with Crippen LogP contribution >= 0.6 is 11.3 Å². The minimum atomic E-state index is -0.601. The topological polar surface area (TPSA) is 68.3 Å². The third-order valence-electron chi connectivity index (χ3n) is 3.24. The van der Waals surface area contributed by atoms with Crippen molar-refractivity contribution in [3.8, 4) is 10.7 Å². The molecule has 0 unspecified atom stereocenters. The highest BCUT2D eigenvalue weighted by atomic mass is 32.1. The molecule has 23 heavy (non-hydrogen) atoms. The van der Waals surface area contributed by atoms with Crippen LogP contribution in [0.25, 0.3) is 10.7 Å². The van der Waals surface area contributed by atoms with Crippen molar-refractivity contribution >= 4 is 17.2 Å². The van der Waals surface area contributed by atoms with Gasteiger partial charge in [0.15, 0.2) is 5.82 Å². The Morgan fingerprint density at radius 3 is 2.48 bits per heavy atom. The average molecular weight is 337 g/mol. The number of thiophene rings is 1. The van der Waals surface area contributed by atoms with E-state index in [0.717, 1.165) is 4.88 Å². The summed E-state index contributed by atoms with van der Waals surface area (Å²) in [6.07, 6.45) is 0. The Kier molecular flexibility index (Phi) is 5.76. The lowest BCUT2D eigenvalue weighted by Crippen LogP contribution is -2.40. The molecule has 0 aliphatic rings. The maximum absolute atomic E-state index is 12.7. The Hall–Kier alpha value is -1.89. The van der Waals surface area contributed by atoms with Gasteiger partial charge < -0.3 is 4.90 Å². The first kappa shape index (κ1) is 17.5. The highest BCUT2D eigenvalue weighted by Crippen LogP contribution is 2.21. The minimum Gasteiger partial charge on any atom is -0.341 e. The van der Waals surface area contributed by atoms with Gasteiger partial charge in [-0.05, 0) is 23.3 Å². The smallest absolute Gasteiger partial charge is 0.341 e. The Bertz CT molecular complexity index is 676. The Labute approximate surface area is 139 Å². The fourth-order valence-corrected chi connectivity index (χ4v) is 3.10. The van der Waals surface area contributed by atoms with E-state index in [1.165, 1.54) is 15.9 Å². The van der Waals surface area contributed by atoms with E-state index in [0.29, 0.717) is 30.7 Å². The van der Waals surface area contributed by atoms with Crippen molar-refractivity contribution in [3.05, 3.63) is 28.1 Å². The molecule has 2 rings (SSSR count). The van der Waals surface area contributed by atoms with Crippen LogP contribution in [0.5, 0.6) is 0 Å². The molecular formula is C16H23N3O3S. The van der Waals surface area contributed by atoms with Gasteiger partial charge in [-0.15, -0.1) is 11.3 Å². The minimum absolute atomic E-state index is 0.0466. The monoisotopic (exact) mass is 337 g/mol. The van der Waals surface area contributed by atoms with Crippen LogP contribution in [-0.2, 0) is 11.3 Å². The van der Waals surface area contributed by atoms with Crippen molar-refractivity contribution in [1.29, 1.82) is 0 Å². The summed E-state index contributed by atoms with van der Waals surface area (Å²) in [6, 6.07) is 3.72. The molecule has 0 saturated heterocycles. The Morgan fingerprint density at radius 1 is 1.30 bits per heavy atom. The molecule has 2 heterocycles. The van der Waals surface area contributed by atoms with Crippen LogP contribution in [0.15, 0.2) is 26.8 Å². The number of nitrogens with zero attached hydrogens (tertiary/aromatic N) is 3. The van der Waals surface area contributed by atoms with E-state index in [2.05, 4.69) is 32.9 Å². The van der Waals surface area contributed by atoms with E-state index in [1.54, 1.807) is 0 Å². The molecule has 6 nitrogen and oxygen atoms in total. The maximum atomic E-state index is 12.7. The number of carbonyl (C=O) groups is 1. The number of hydrogen-bond donors (Lipinski definition) is 0. The molecule has 0 N–H and O–H groups in total. The number of amides is 1. The molecule has 2 aromatic rings. The standard InChI is InChI=1S/C16H23N3O3S/c1-11(2)8-18(9-12(3)4)14(20)10-19-15(17-22-16(19)21)13-6-5-7-23-13/h5-7,11-12H,8-10H2,1-4H3. The lowest BCUT2D eigenvalue weighted by atomic mass is 10.1. The molecule has 0 aliphatic heterocycles. The van der Waals surface area contributed by atoms with Crippen LogP contribution in [0.2, 0.25) is 0 Å². The van der Waals surface area contributed by atoms with Gasteiger partial charge in [-0.1, -0.05) is 38.9 Å². The lowest BCUT2D eigenvalue weighted by Gasteiger charge is -2.26. The van der Waals surface area contributed by atoms with Gasteiger partial charge >= 0.3 is 5.76 Å². The molecule has 126 valence electrons. The molecule has 7 heteroatoms. The molecule has 0 aliphatic carbocycles. The number of aromatic nitrogens is 2. The van der Waals surface area contributed by atoms with E-state index >= 15 is 0 Å². The summed E-state index contributed by atoms with van der Waals surface area (Å²) < 4.78 is 6.06. The predicted molar refractivity (Wildman–Crippen MR) is 90.3 cm³/mol. The first-order chi connectivity index (χ1) is 10.9. The molecule has 1 amide bonds. The van der Waals surface area contributed by atoms with Crippen molar-refractivity contribution in [2.45, 2.75) is 34.2 Å². The van der Waals surface area contributed by atoms with E-state index in [9.17, 15) is 9.59 Å². The average Bonchev–Trinajstić information content (AvgIpc) is 3.08. The zero-order valence-electron chi connectivity index (χ0n) is 14.0. The number of rotatable bonds is 7. The van der Waals surface area contributed by atoms with Gasteiger partial charge in [-0.25, -0.2) is 9.36 Å². The zero-order valence-corrected chi connectivity index (χ0v) is 14.8. The molecule has 2 aromatic heterocycles. The quantitative estimate of drug-likeness (QED) is 0.779. The van der Waals surface area contributed by atoms with Gasteiger partial charge in [0.25, 0.3) is 0 Å². The first-order valence-corrected chi connectivity index (χ1v) is 8.64. The van der Waals surface area contributed by atoms with E-state index in [-0.39, 0.29) is 12.5 Å². The summed E-state index contributed by atoms with van der Waals surface area (Å²) in [5.74, 6) is 0.459. The molecule has 0 fully saturated rings. The highest BCUT2D eigenvalue weighted by molar-refractivity contribution is 7.13. The molecule has 0 bridgehead atoms. The van der Waals surface area contributed by atoms with Crippen molar-refractivity contribution < 1.29 is 9.32 Å². The number of carbonyl (C=O) groups excluding carboxylic acids is 1. The van der Waals surface area contributed by atoms with Crippen LogP contribution in [0.4, 0.5) is 0 Å². The fraction of sp³-hybridized carbons (Fsp3) is 0.562. The summed E-state index contributed by atoms with van der Waals surface area (Å²) in [7, 11) is 0. The summed E-state index contributed by atoms with van der Waals surface area (Å²) in [5, 5.41) is 5.70. The lowest BCUT2D eigenvalue weighted by molar-refractivity contribution is -0.133. The maximum Gasteiger partial charge on any atom is 0.442 e. The van der Waals surface area contributed by atoms with Crippen LogP contribution in [0.3, 0.4) is 0 Å². The van der Waals surface area contributed by atoms with E-state index < -0.39 is 5.76 Å². The van der Waals surface area contributed by atoms with Crippen LogP contribution in [0, 0.1) is 11.8 Å². The van der Waals surface area contributed by atoms with Crippen LogP contribution in [0.1, 0.15) is 27.7 Å². The SMILES string of the molecule is CC(C)CN(CC(C)C)C(=O)Cn1c(-c2cccs2)noc1=O. The second-order valence-electron chi connectivity index (χ2n) is 6.42. The van der Waals surface area contributed by atoms with E-state index in [1.807, 2.05) is 22.4 Å². The van der Waals surface area contributed by atoms with Crippen LogP contribution < -0.4 is 5.76 Å². The molecule has 0 radical (unpaired) electrons. The third-order valence-corrected chi connectivity index (χ3v) is 4.11. The van der Waals surface area contributed by atoms with Gasteiger partial charge in [0.1, 0.15) is 6.54 Å². The second-order valence-corrected chi connectivity index (χ2v) is 7.37. The third kappa shape index (κ3) is 4.54.